The molecule has 17 atom stereocenters. The number of ether oxygens (including phenoxy) is 1. The standard InChI is InChI=1S/C41H72N8O2/c1-2-3-4-5-6-13-23-51-41(50)31-22-14-21-30-32(31)40-48-38-29-20-12-11-19-28(29)36(46-38)44-34-25-16-8-7-15-24(25)33(42-34)43-35-26-17-9-10-18-27(26)37(45-35)47-39(30)49-40/h24-40,42-49H,2-23H2,1H3. The number of nitrogens with one attached hydrogen (secondary N) is 8. The Morgan fingerprint density at radius 2 is 0.784 bits per heavy atom. The molecule has 0 amide bonds. The topological polar surface area (TPSA) is 123 Å². The zero-order valence-electron chi connectivity index (χ0n) is 31.7. The van der Waals surface area contributed by atoms with Crippen LogP contribution < -0.4 is 42.5 Å². The highest BCUT2D eigenvalue weighted by atomic mass is 16.5. The summed E-state index contributed by atoms with van der Waals surface area (Å²) < 4.78 is 6.13. The highest BCUT2D eigenvalue weighted by Gasteiger charge is 2.56. The lowest BCUT2D eigenvalue weighted by molar-refractivity contribution is -0.153. The third kappa shape index (κ3) is 7.20. The van der Waals surface area contributed by atoms with E-state index >= 15 is 0 Å². The molecule has 288 valence electrons. The number of carbonyl (C=O) groups excluding carboxylic acids is 1. The van der Waals surface area contributed by atoms with Gasteiger partial charge >= 0.3 is 5.97 Å². The van der Waals surface area contributed by atoms with Crippen LogP contribution in [-0.4, -0.2) is 61.9 Å². The van der Waals surface area contributed by atoms with Crippen molar-refractivity contribution in [2.75, 3.05) is 6.61 Å². The molecule has 8 bridgehead atoms. The van der Waals surface area contributed by atoms with E-state index in [2.05, 4.69) is 49.5 Å². The second kappa shape index (κ2) is 16.1. The average molecular weight is 709 g/mol. The average Bonchev–Trinajstić information content (AvgIpc) is 3.90. The second-order valence-corrected chi connectivity index (χ2v) is 18.7. The normalized spacial score (nSPS) is 49.1. The first-order valence-corrected chi connectivity index (χ1v) is 22.4. The van der Waals surface area contributed by atoms with Gasteiger partial charge in [-0.05, 0) is 99.2 Å². The Balaban J connectivity index is 0.982. The van der Waals surface area contributed by atoms with Gasteiger partial charge in [0.05, 0.1) is 61.9 Å². The molecule has 0 aromatic heterocycles. The predicted molar refractivity (Wildman–Crippen MR) is 200 cm³/mol. The largest absolute Gasteiger partial charge is 0.465 e. The minimum Gasteiger partial charge on any atom is -0.465 e. The second-order valence-electron chi connectivity index (χ2n) is 18.7. The molecule has 5 heterocycles. The minimum absolute atomic E-state index is 0.0447. The van der Waals surface area contributed by atoms with Crippen molar-refractivity contribution >= 4 is 5.97 Å². The fourth-order valence-corrected chi connectivity index (χ4v) is 13.5. The summed E-state index contributed by atoms with van der Waals surface area (Å²) >= 11 is 0. The van der Waals surface area contributed by atoms with Gasteiger partial charge in [-0.1, -0.05) is 84.0 Å². The summed E-state index contributed by atoms with van der Waals surface area (Å²) in [6, 6.07) is 0. The zero-order valence-corrected chi connectivity index (χ0v) is 31.7. The third-order valence-corrected chi connectivity index (χ3v) is 15.9. The Labute approximate surface area is 308 Å². The van der Waals surface area contributed by atoms with E-state index in [1.807, 2.05) is 0 Å². The van der Waals surface area contributed by atoms with Crippen LogP contribution in [0.25, 0.3) is 0 Å². The van der Waals surface area contributed by atoms with Crippen molar-refractivity contribution in [2.45, 2.75) is 191 Å². The first-order valence-electron chi connectivity index (χ1n) is 22.4. The number of hydrogen-bond acceptors (Lipinski definition) is 10. The van der Waals surface area contributed by atoms with Crippen LogP contribution in [0.1, 0.15) is 142 Å². The molecule has 5 saturated heterocycles. The highest BCUT2D eigenvalue weighted by molar-refractivity contribution is 5.73. The maximum atomic E-state index is 14.0. The fourth-order valence-electron chi connectivity index (χ4n) is 13.5. The van der Waals surface area contributed by atoms with Gasteiger partial charge in [0.15, 0.2) is 0 Å². The Morgan fingerprint density at radius 1 is 0.431 bits per heavy atom. The van der Waals surface area contributed by atoms with E-state index in [1.165, 1.54) is 109 Å². The molecule has 4 saturated carbocycles. The molecular weight excluding hydrogens is 637 g/mol. The van der Waals surface area contributed by atoms with Crippen LogP contribution in [0.2, 0.25) is 0 Å². The van der Waals surface area contributed by atoms with Gasteiger partial charge in [-0.2, -0.15) is 0 Å². The highest BCUT2D eigenvalue weighted by Crippen LogP contribution is 2.47. The van der Waals surface area contributed by atoms with Crippen LogP contribution in [0.15, 0.2) is 0 Å². The molecule has 51 heavy (non-hydrogen) atoms. The van der Waals surface area contributed by atoms with E-state index in [0.29, 0.717) is 72.7 Å². The van der Waals surface area contributed by atoms with Gasteiger partial charge in [0.25, 0.3) is 0 Å². The molecule has 10 heteroatoms. The van der Waals surface area contributed by atoms with E-state index in [4.69, 9.17) is 4.74 Å². The van der Waals surface area contributed by atoms with Crippen molar-refractivity contribution < 1.29 is 9.53 Å². The molecule has 9 fully saturated rings. The molecule has 5 aliphatic heterocycles. The van der Waals surface area contributed by atoms with Crippen LogP contribution in [0.4, 0.5) is 0 Å². The van der Waals surface area contributed by atoms with E-state index in [9.17, 15) is 4.79 Å². The first kappa shape index (κ1) is 35.8. The zero-order chi connectivity index (χ0) is 34.3. The molecular formula is C41H72N8O2. The number of carbonyl (C=O) groups is 1. The van der Waals surface area contributed by atoms with Gasteiger partial charge in [-0.15, -0.1) is 0 Å². The van der Waals surface area contributed by atoms with Crippen LogP contribution in [0.3, 0.4) is 0 Å². The summed E-state index contributed by atoms with van der Waals surface area (Å²) in [6.45, 7) is 2.84. The smallest absolute Gasteiger partial charge is 0.309 e. The van der Waals surface area contributed by atoms with Crippen LogP contribution >= 0.6 is 0 Å². The molecule has 0 radical (unpaired) electrons. The van der Waals surface area contributed by atoms with Crippen molar-refractivity contribution in [1.29, 1.82) is 0 Å². The predicted octanol–water partition coefficient (Wildman–Crippen LogP) is 4.74. The van der Waals surface area contributed by atoms with Gasteiger partial charge in [0, 0.05) is 5.92 Å². The molecule has 9 aliphatic rings. The summed E-state index contributed by atoms with van der Waals surface area (Å²) in [6.07, 6.45) is 28.6. The fraction of sp³-hybridized carbons (Fsp3) is 0.976. The van der Waals surface area contributed by atoms with Gasteiger partial charge in [0.2, 0.25) is 0 Å². The van der Waals surface area contributed by atoms with E-state index in [-0.39, 0.29) is 42.5 Å². The Morgan fingerprint density at radius 3 is 1.22 bits per heavy atom. The minimum atomic E-state index is -0.0447. The van der Waals surface area contributed by atoms with E-state index in [1.54, 1.807) is 0 Å². The third-order valence-electron chi connectivity index (χ3n) is 15.9. The lowest BCUT2D eigenvalue weighted by atomic mass is 9.71. The van der Waals surface area contributed by atoms with E-state index in [0.717, 1.165) is 25.7 Å². The Hall–Kier alpha value is -0.850. The monoisotopic (exact) mass is 709 g/mol. The summed E-state index contributed by atoms with van der Waals surface area (Å²) in [5, 5.41) is 33.7. The molecule has 0 aromatic rings. The maximum absolute atomic E-state index is 14.0. The maximum Gasteiger partial charge on any atom is 0.309 e. The summed E-state index contributed by atoms with van der Waals surface area (Å²) in [5.41, 5.74) is 0. The van der Waals surface area contributed by atoms with Crippen molar-refractivity contribution in [3.63, 3.8) is 0 Å². The lowest BCUT2D eigenvalue weighted by Gasteiger charge is -2.38. The van der Waals surface area contributed by atoms with Crippen molar-refractivity contribution in [3.8, 4) is 0 Å². The molecule has 10 nitrogen and oxygen atoms in total. The number of esters is 1. The first-order chi connectivity index (χ1) is 25.2. The summed E-state index contributed by atoms with van der Waals surface area (Å²) in [5.74, 6) is 4.58. The number of rotatable bonds is 8. The van der Waals surface area contributed by atoms with Gasteiger partial charge in [-0.3, -0.25) is 47.3 Å². The molecule has 0 aromatic carbocycles. The number of hydrogen-bond donors (Lipinski definition) is 8. The van der Waals surface area contributed by atoms with Crippen molar-refractivity contribution in [2.24, 2.45) is 53.3 Å². The summed E-state index contributed by atoms with van der Waals surface area (Å²) in [7, 11) is 0. The van der Waals surface area contributed by atoms with Gasteiger partial charge in [-0.25, -0.2) is 0 Å². The SMILES string of the molecule is CCCCCCCCOC(=O)C1CCCC2C3NC4NC(NC5NC(NC6NC(NC(N3)C12)C1CCCCC61)C1CCCCC51)C1CCCCC41. The lowest BCUT2D eigenvalue weighted by Crippen LogP contribution is -2.62. The van der Waals surface area contributed by atoms with Gasteiger partial charge < -0.3 is 4.74 Å². The Kier molecular flexibility index (Phi) is 11.3. The van der Waals surface area contributed by atoms with Crippen molar-refractivity contribution in [1.82, 2.24) is 42.5 Å². The Bertz CT molecular complexity index is 1170. The quantitative estimate of drug-likeness (QED) is 0.133. The molecule has 17 unspecified atom stereocenters. The molecule has 4 aliphatic carbocycles. The molecule has 8 N–H and O–H groups in total. The molecule has 0 spiro atoms. The van der Waals surface area contributed by atoms with Crippen LogP contribution in [0, 0.1) is 53.3 Å². The van der Waals surface area contributed by atoms with Crippen LogP contribution in [0.5, 0.6) is 0 Å². The van der Waals surface area contributed by atoms with Crippen LogP contribution in [-0.2, 0) is 9.53 Å². The number of fused-ring (bicyclic) bond motifs is 20. The van der Waals surface area contributed by atoms with Crippen molar-refractivity contribution in [3.05, 3.63) is 0 Å². The molecule has 9 rings (SSSR count). The summed E-state index contributed by atoms with van der Waals surface area (Å²) in [4.78, 5) is 14.0. The number of unbranched alkanes of at least 4 members (excludes halogenated alkanes) is 5. The van der Waals surface area contributed by atoms with E-state index < -0.39 is 0 Å². The van der Waals surface area contributed by atoms with Gasteiger partial charge in [0.1, 0.15) is 0 Å².